The van der Waals surface area contributed by atoms with Crippen LogP contribution in [-0.2, 0) is 4.79 Å². The Labute approximate surface area is 122 Å². The van der Waals surface area contributed by atoms with Crippen LogP contribution in [0.3, 0.4) is 0 Å². The number of carbonyl (C=O) groups is 3. The second kappa shape index (κ2) is 5.82. The highest BCUT2D eigenvalue weighted by atomic mass is 16.4. The Bertz CT molecular complexity index is 587. The van der Waals surface area contributed by atoms with Crippen molar-refractivity contribution in [3.05, 3.63) is 29.8 Å². The molecule has 0 bridgehead atoms. The first-order valence-corrected chi connectivity index (χ1v) is 6.58. The molecule has 2 N–H and O–H groups in total. The van der Waals surface area contributed by atoms with Crippen molar-refractivity contribution < 1.29 is 19.5 Å². The van der Waals surface area contributed by atoms with Gasteiger partial charge in [-0.2, -0.15) is 0 Å². The van der Waals surface area contributed by atoms with Crippen LogP contribution in [0.5, 0.6) is 0 Å². The zero-order valence-corrected chi connectivity index (χ0v) is 11.9. The summed E-state index contributed by atoms with van der Waals surface area (Å²) >= 11 is 0. The number of anilines is 1. The molecule has 0 spiro atoms. The standard InChI is InChI=1S/C14H17N3O4/c1-9-12(18)15-7-8-17(9)14(21)16(2)11-6-4-3-5-10(11)13(19)20/h3-6,9H,7-8H2,1-2H3,(H,15,18)(H,19,20). The average molecular weight is 291 g/mol. The number of hydrogen-bond acceptors (Lipinski definition) is 3. The maximum atomic E-state index is 12.5. The van der Waals surface area contributed by atoms with E-state index < -0.39 is 18.0 Å². The molecule has 1 aromatic carbocycles. The van der Waals surface area contributed by atoms with Crippen molar-refractivity contribution >= 4 is 23.6 Å². The Morgan fingerprint density at radius 3 is 2.71 bits per heavy atom. The predicted octanol–water partition coefficient (Wildman–Crippen LogP) is 0.761. The zero-order chi connectivity index (χ0) is 15.6. The number of carbonyl (C=O) groups excluding carboxylic acids is 2. The van der Waals surface area contributed by atoms with E-state index in [0.29, 0.717) is 18.8 Å². The lowest BCUT2D eigenvalue weighted by atomic mass is 10.1. The Morgan fingerprint density at radius 2 is 2.05 bits per heavy atom. The molecule has 7 nitrogen and oxygen atoms in total. The molecule has 0 saturated carbocycles. The number of urea groups is 1. The minimum Gasteiger partial charge on any atom is -0.478 e. The van der Waals surface area contributed by atoms with Crippen LogP contribution in [0.15, 0.2) is 24.3 Å². The molecular formula is C14H17N3O4. The third kappa shape index (κ3) is 2.81. The van der Waals surface area contributed by atoms with Crippen LogP contribution in [0.1, 0.15) is 17.3 Å². The first kappa shape index (κ1) is 14.8. The average Bonchev–Trinajstić information content (AvgIpc) is 2.48. The van der Waals surface area contributed by atoms with E-state index in [0.717, 1.165) is 0 Å². The Hall–Kier alpha value is -2.57. The summed E-state index contributed by atoms with van der Waals surface area (Å²) in [6.45, 7) is 2.43. The lowest BCUT2D eigenvalue weighted by Gasteiger charge is -2.35. The van der Waals surface area contributed by atoms with Crippen molar-refractivity contribution in [2.24, 2.45) is 0 Å². The molecule has 1 unspecified atom stereocenters. The molecule has 1 aromatic rings. The zero-order valence-electron chi connectivity index (χ0n) is 11.9. The fourth-order valence-electron chi connectivity index (χ4n) is 2.29. The van der Waals surface area contributed by atoms with Crippen molar-refractivity contribution in [3.8, 4) is 0 Å². The van der Waals surface area contributed by atoms with Gasteiger partial charge in [-0.25, -0.2) is 9.59 Å². The number of carboxylic acid groups (broad SMARTS) is 1. The van der Waals surface area contributed by atoms with Crippen molar-refractivity contribution in [1.82, 2.24) is 10.2 Å². The SMILES string of the molecule is CC1C(=O)NCCN1C(=O)N(C)c1ccccc1C(=O)O. The number of nitrogens with zero attached hydrogens (tertiary/aromatic N) is 2. The molecule has 1 aliphatic heterocycles. The fourth-order valence-corrected chi connectivity index (χ4v) is 2.29. The molecule has 1 fully saturated rings. The molecule has 0 aliphatic carbocycles. The molecule has 7 heteroatoms. The summed E-state index contributed by atoms with van der Waals surface area (Å²) in [6, 6.07) is 5.29. The van der Waals surface area contributed by atoms with E-state index in [9.17, 15) is 19.5 Å². The van der Waals surface area contributed by atoms with Crippen LogP contribution in [0.4, 0.5) is 10.5 Å². The molecule has 3 amide bonds. The lowest BCUT2D eigenvalue weighted by Crippen LogP contribution is -2.58. The number of benzene rings is 1. The van der Waals surface area contributed by atoms with Gasteiger partial charge >= 0.3 is 12.0 Å². The van der Waals surface area contributed by atoms with Gasteiger partial charge in [-0.05, 0) is 19.1 Å². The van der Waals surface area contributed by atoms with Crippen molar-refractivity contribution in [2.45, 2.75) is 13.0 Å². The summed E-state index contributed by atoms with van der Waals surface area (Å²) in [7, 11) is 1.50. The second-order valence-corrected chi connectivity index (χ2v) is 4.82. The highest BCUT2D eigenvalue weighted by Crippen LogP contribution is 2.21. The molecule has 2 rings (SSSR count). The summed E-state index contributed by atoms with van der Waals surface area (Å²) in [5.41, 5.74) is 0.343. The van der Waals surface area contributed by atoms with Crippen molar-refractivity contribution in [3.63, 3.8) is 0 Å². The van der Waals surface area contributed by atoms with Gasteiger partial charge in [-0.3, -0.25) is 9.69 Å². The summed E-state index contributed by atoms with van der Waals surface area (Å²) in [5.74, 6) is -1.32. The van der Waals surface area contributed by atoms with Crippen LogP contribution in [0.25, 0.3) is 0 Å². The van der Waals surface area contributed by atoms with E-state index in [4.69, 9.17) is 0 Å². The predicted molar refractivity (Wildman–Crippen MR) is 76.4 cm³/mol. The molecule has 1 saturated heterocycles. The van der Waals surface area contributed by atoms with Gasteiger partial charge in [0, 0.05) is 20.1 Å². The Morgan fingerprint density at radius 1 is 1.38 bits per heavy atom. The summed E-state index contributed by atoms with van der Waals surface area (Å²) in [4.78, 5) is 38.1. The highest BCUT2D eigenvalue weighted by Gasteiger charge is 2.32. The molecular weight excluding hydrogens is 274 g/mol. The number of nitrogens with one attached hydrogen (secondary N) is 1. The number of hydrogen-bond donors (Lipinski definition) is 2. The lowest BCUT2D eigenvalue weighted by molar-refractivity contribution is -0.126. The van der Waals surface area contributed by atoms with Crippen molar-refractivity contribution in [2.75, 3.05) is 25.0 Å². The van der Waals surface area contributed by atoms with Gasteiger partial charge in [-0.1, -0.05) is 12.1 Å². The monoisotopic (exact) mass is 291 g/mol. The summed E-state index contributed by atoms with van der Waals surface area (Å²) < 4.78 is 0. The molecule has 0 radical (unpaired) electrons. The Kier molecular flexibility index (Phi) is 4.11. The van der Waals surface area contributed by atoms with Gasteiger partial charge in [0.25, 0.3) is 0 Å². The normalized spacial score (nSPS) is 18.1. The minimum atomic E-state index is -1.10. The summed E-state index contributed by atoms with van der Waals surface area (Å²) in [5, 5.41) is 11.9. The quantitative estimate of drug-likeness (QED) is 0.842. The van der Waals surface area contributed by atoms with Gasteiger partial charge in [0.2, 0.25) is 5.91 Å². The largest absolute Gasteiger partial charge is 0.478 e. The van der Waals surface area contributed by atoms with E-state index in [1.54, 1.807) is 25.1 Å². The minimum absolute atomic E-state index is 0.0439. The van der Waals surface area contributed by atoms with Gasteiger partial charge in [0.05, 0.1) is 11.3 Å². The molecule has 1 atom stereocenters. The van der Waals surface area contributed by atoms with E-state index >= 15 is 0 Å². The van der Waals surface area contributed by atoms with Crippen LogP contribution in [0.2, 0.25) is 0 Å². The number of amides is 3. The third-order valence-electron chi connectivity index (χ3n) is 3.53. The fraction of sp³-hybridized carbons (Fsp3) is 0.357. The number of piperazine rings is 1. The van der Waals surface area contributed by atoms with Crippen LogP contribution >= 0.6 is 0 Å². The maximum absolute atomic E-state index is 12.5. The number of carboxylic acids is 1. The van der Waals surface area contributed by atoms with Gasteiger partial charge in [0.1, 0.15) is 6.04 Å². The molecule has 1 heterocycles. The molecule has 112 valence electrons. The summed E-state index contributed by atoms with van der Waals surface area (Å²) in [6.07, 6.45) is 0. The van der Waals surface area contributed by atoms with E-state index in [1.165, 1.54) is 22.9 Å². The first-order chi connectivity index (χ1) is 9.93. The van der Waals surface area contributed by atoms with Gasteiger partial charge in [-0.15, -0.1) is 0 Å². The van der Waals surface area contributed by atoms with Crippen molar-refractivity contribution in [1.29, 1.82) is 0 Å². The van der Waals surface area contributed by atoms with E-state index in [-0.39, 0.29) is 11.5 Å². The van der Waals surface area contributed by atoms with Crippen LogP contribution in [0, 0.1) is 0 Å². The number of aromatic carboxylic acids is 1. The van der Waals surface area contributed by atoms with Gasteiger partial charge < -0.3 is 15.3 Å². The number of para-hydroxylation sites is 1. The highest BCUT2D eigenvalue weighted by molar-refractivity contribution is 6.02. The van der Waals surface area contributed by atoms with E-state index in [1.807, 2.05) is 0 Å². The molecule has 1 aliphatic rings. The van der Waals surface area contributed by atoms with Crippen LogP contribution in [-0.4, -0.2) is 54.1 Å². The smallest absolute Gasteiger partial charge is 0.337 e. The third-order valence-corrected chi connectivity index (χ3v) is 3.53. The van der Waals surface area contributed by atoms with Crippen LogP contribution < -0.4 is 10.2 Å². The second-order valence-electron chi connectivity index (χ2n) is 4.82. The molecule has 0 aromatic heterocycles. The topological polar surface area (TPSA) is 90.0 Å². The maximum Gasteiger partial charge on any atom is 0.337 e. The Balaban J connectivity index is 2.27. The first-order valence-electron chi connectivity index (χ1n) is 6.58. The number of rotatable bonds is 2. The molecule has 21 heavy (non-hydrogen) atoms. The van der Waals surface area contributed by atoms with E-state index in [2.05, 4.69) is 5.32 Å². The van der Waals surface area contributed by atoms with Gasteiger partial charge in [0.15, 0.2) is 0 Å².